The number of hydrogen-bond acceptors (Lipinski definition) is 2. The van der Waals surface area contributed by atoms with Gasteiger partial charge in [-0.2, -0.15) is 0 Å². The van der Waals surface area contributed by atoms with Crippen LogP contribution in [-0.2, 0) is 16.4 Å². The second-order valence-corrected chi connectivity index (χ2v) is 13.2. The Labute approximate surface area is 254 Å². The van der Waals surface area contributed by atoms with E-state index < -0.39 is 5.60 Å². The number of benzene rings is 5. The average molecular weight is 562 g/mol. The van der Waals surface area contributed by atoms with E-state index in [-0.39, 0.29) is 10.8 Å². The number of nitrogens with zero attached hydrogens (tertiary/aromatic N) is 1. The van der Waals surface area contributed by atoms with Crippen molar-refractivity contribution < 1.29 is 9.47 Å². The molecule has 1 heterocycles. The highest BCUT2D eigenvalue weighted by Gasteiger charge is 2.44. The molecule has 0 radical (unpaired) electrons. The molecule has 2 aliphatic rings. The molecule has 7 rings (SSSR count). The van der Waals surface area contributed by atoms with Gasteiger partial charge in [0.05, 0.1) is 13.7 Å². The minimum absolute atomic E-state index is 0.0477. The summed E-state index contributed by atoms with van der Waals surface area (Å²) in [6.07, 6.45) is 4.50. The highest BCUT2D eigenvalue weighted by atomic mass is 16.5. The number of ether oxygens (including phenoxy) is 2. The Morgan fingerprint density at radius 3 is 2.09 bits per heavy atom. The molecule has 0 fully saturated rings. The third-order valence-electron chi connectivity index (χ3n) is 9.35. The van der Waals surface area contributed by atoms with Crippen LogP contribution in [0, 0.1) is 6.57 Å². The summed E-state index contributed by atoms with van der Waals surface area (Å²) in [6, 6.07) is 31.8. The highest BCUT2D eigenvalue weighted by molar-refractivity contribution is 6.08. The van der Waals surface area contributed by atoms with Gasteiger partial charge in [-0.25, -0.2) is 4.85 Å². The maximum absolute atomic E-state index is 7.65. The fraction of sp³-hybridized carbons (Fsp3) is 0.225. The maximum Gasteiger partial charge on any atom is 0.187 e. The fourth-order valence-corrected chi connectivity index (χ4v) is 7.03. The van der Waals surface area contributed by atoms with Crippen LogP contribution in [0.15, 0.2) is 97.1 Å². The van der Waals surface area contributed by atoms with Crippen molar-refractivity contribution in [3.05, 3.63) is 142 Å². The predicted octanol–water partition coefficient (Wildman–Crippen LogP) is 10.4. The molecule has 1 unspecified atom stereocenters. The normalized spacial score (nSPS) is 17.9. The predicted molar refractivity (Wildman–Crippen MR) is 176 cm³/mol. The number of rotatable bonds is 3. The summed E-state index contributed by atoms with van der Waals surface area (Å²) in [5.74, 6) is 1.70. The molecule has 1 aliphatic carbocycles. The summed E-state index contributed by atoms with van der Waals surface area (Å²) in [4.78, 5) is 3.75. The van der Waals surface area contributed by atoms with Gasteiger partial charge in [-0.05, 0) is 56.8 Å². The quantitative estimate of drug-likeness (QED) is 0.205. The lowest BCUT2D eigenvalue weighted by atomic mass is 9.76. The Balaban J connectivity index is 1.51. The van der Waals surface area contributed by atoms with Crippen molar-refractivity contribution in [3.63, 3.8) is 0 Å². The van der Waals surface area contributed by atoms with Gasteiger partial charge in [-0.15, -0.1) is 0 Å². The van der Waals surface area contributed by atoms with Crippen LogP contribution in [0.25, 0.3) is 32.8 Å². The van der Waals surface area contributed by atoms with Gasteiger partial charge < -0.3 is 9.47 Å². The van der Waals surface area contributed by atoms with Crippen LogP contribution in [0.5, 0.6) is 11.5 Å². The molecule has 0 amide bonds. The Morgan fingerprint density at radius 1 is 0.814 bits per heavy atom. The van der Waals surface area contributed by atoms with Gasteiger partial charge in [0.25, 0.3) is 0 Å². The second kappa shape index (κ2) is 9.35. The van der Waals surface area contributed by atoms with E-state index in [2.05, 4.69) is 124 Å². The summed E-state index contributed by atoms with van der Waals surface area (Å²) in [5.41, 5.74) is 8.95. The molecule has 43 heavy (non-hydrogen) atoms. The minimum Gasteiger partial charge on any atom is -0.497 e. The zero-order chi connectivity index (χ0) is 30.1. The standard InChI is InChI=1S/C40H35NO2/c1-38(2,3)25-12-14-26(15-13-25)40(27-16-19-29(42-7)20-17-27)23-22-33-36-35(30-10-8-9-11-31(30)37(33)43-40)32-21-18-28(41-6)24-34(32)39(36,4)5/h8-24H,1-5,7H3. The SMILES string of the molecule is [C-]#[N+]c1ccc2c(c1)C(C)(C)c1c3c(c4ccccc4c1-2)OC(c1ccc(OC)cc1)(c1ccc(C(C)(C)C)cc1)C=C3. The van der Waals surface area contributed by atoms with E-state index in [1.165, 1.54) is 33.2 Å². The smallest absolute Gasteiger partial charge is 0.187 e. The first-order valence-electron chi connectivity index (χ1n) is 14.8. The van der Waals surface area contributed by atoms with Crippen LogP contribution in [-0.4, -0.2) is 7.11 Å². The maximum atomic E-state index is 7.65. The molecule has 0 aromatic heterocycles. The van der Waals surface area contributed by atoms with E-state index in [0.717, 1.165) is 33.6 Å². The van der Waals surface area contributed by atoms with Crippen molar-refractivity contribution in [1.82, 2.24) is 0 Å². The topological polar surface area (TPSA) is 22.8 Å². The third kappa shape index (κ3) is 3.93. The minimum atomic E-state index is -0.834. The van der Waals surface area contributed by atoms with Crippen LogP contribution < -0.4 is 9.47 Å². The summed E-state index contributed by atoms with van der Waals surface area (Å²) >= 11 is 0. The molecule has 0 saturated heterocycles. The van der Waals surface area contributed by atoms with Crippen molar-refractivity contribution >= 4 is 22.5 Å². The van der Waals surface area contributed by atoms with Crippen LogP contribution >= 0.6 is 0 Å². The monoisotopic (exact) mass is 561 g/mol. The van der Waals surface area contributed by atoms with E-state index in [0.29, 0.717) is 5.69 Å². The molecule has 1 aliphatic heterocycles. The van der Waals surface area contributed by atoms with Crippen LogP contribution in [0.2, 0.25) is 0 Å². The highest BCUT2D eigenvalue weighted by Crippen LogP contribution is 2.58. The molecular formula is C40H35NO2. The molecule has 212 valence electrons. The zero-order valence-corrected chi connectivity index (χ0v) is 25.6. The van der Waals surface area contributed by atoms with Crippen LogP contribution in [0.4, 0.5) is 5.69 Å². The Kier molecular flexibility index (Phi) is 5.88. The van der Waals surface area contributed by atoms with Crippen molar-refractivity contribution in [1.29, 1.82) is 0 Å². The molecule has 0 saturated carbocycles. The fourth-order valence-electron chi connectivity index (χ4n) is 7.03. The second-order valence-electron chi connectivity index (χ2n) is 13.2. The molecule has 3 nitrogen and oxygen atoms in total. The summed E-state index contributed by atoms with van der Waals surface area (Å²) < 4.78 is 12.9. The van der Waals surface area contributed by atoms with Crippen molar-refractivity contribution in [2.45, 2.75) is 51.0 Å². The zero-order valence-electron chi connectivity index (χ0n) is 25.6. The molecule has 5 aromatic rings. The first kappa shape index (κ1) is 27.0. The summed E-state index contributed by atoms with van der Waals surface area (Å²) in [6.45, 7) is 18.9. The lowest BCUT2D eigenvalue weighted by Gasteiger charge is -2.38. The van der Waals surface area contributed by atoms with Crippen LogP contribution in [0.3, 0.4) is 0 Å². The molecular weight excluding hydrogens is 526 g/mol. The molecule has 0 N–H and O–H groups in total. The van der Waals surface area contributed by atoms with Gasteiger partial charge in [-0.1, -0.05) is 120 Å². The lowest BCUT2D eigenvalue weighted by molar-refractivity contribution is 0.163. The van der Waals surface area contributed by atoms with Crippen molar-refractivity contribution in [2.24, 2.45) is 0 Å². The van der Waals surface area contributed by atoms with E-state index in [9.17, 15) is 0 Å². The van der Waals surface area contributed by atoms with Gasteiger partial charge in [0.15, 0.2) is 11.3 Å². The van der Waals surface area contributed by atoms with Gasteiger partial charge in [0.1, 0.15) is 11.5 Å². The number of hydrogen-bond donors (Lipinski definition) is 0. The molecule has 1 atom stereocenters. The summed E-state index contributed by atoms with van der Waals surface area (Å²) in [7, 11) is 1.69. The molecule has 0 bridgehead atoms. The average Bonchev–Trinajstić information content (AvgIpc) is 3.26. The molecule has 5 aromatic carbocycles. The third-order valence-corrected chi connectivity index (χ3v) is 9.35. The van der Waals surface area contributed by atoms with Crippen molar-refractivity contribution in [2.75, 3.05) is 7.11 Å². The summed E-state index contributed by atoms with van der Waals surface area (Å²) in [5, 5.41) is 2.25. The van der Waals surface area contributed by atoms with E-state index in [1.807, 2.05) is 18.2 Å². The molecule has 3 heteroatoms. The Hall–Kier alpha value is -4.81. The lowest BCUT2D eigenvalue weighted by Crippen LogP contribution is -2.35. The first-order valence-corrected chi connectivity index (χ1v) is 14.8. The van der Waals surface area contributed by atoms with E-state index in [1.54, 1.807) is 7.11 Å². The first-order chi connectivity index (χ1) is 20.6. The van der Waals surface area contributed by atoms with Gasteiger partial charge in [0, 0.05) is 27.5 Å². The van der Waals surface area contributed by atoms with Crippen molar-refractivity contribution in [3.8, 4) is 22.6 Å². The number of methoxy groups -OCH3 is 1. The van der Waals surface area contributed by atoms with E-state index in [4.69, 9.17) is 16.0 Å². The number of fused-ring (bicyclic) bond motifs is 8. The van der Waals surface area contributed by atoms with Gasteiger partial charge >= 0.3 is 0 Å². The largest absolute Gasteiger partial charge is 0.497 e. The van der Waals surface area contributed by atoms with Crippen LogP contribution in [0.1, 0.15) is 68.0 Å². The van der Waals surface area contributed by atoms with E-state index >= 15 is 0 Å². The van der Waals surface area contributed by atoms with Gasteiger partial charge in [0.2, 0.25) is 0 Å². The van der Waals surface area contributed by atoms with Gasteiger partial charge in [-0.3, -0.25) is 0 Å². The molecule has 0 spiro atoms. The Morgan fingerprint density at radius 2 is 1.47 bits per heavy atom. The Bertz CT molecular complexity index is 1980.